The minimum Gasteiger partial charge on any atom is -0.395 e. The second kappa shape index (κ2) is 9.98. The van der Waals surface area contributed by atoms with Crippen molar-refractivity contribution in [3.05, 3.63) is 35.4 Å². The highest BCUT2D eigenvalue weighted by molar-refractivity contribution is 5.77. The molecule has 1 rings (SSSR count). The second-order valence-corrected chi connectivity index (χ2v) is 4.99. The van der Waals surface area contributed by atoms with E-state index in [1.54, 1.807) is 0 Å². The number of aliphatic hydroxyl groups is 1. The summed E-state index contributed by atoms with van der Waals surface area (Å²) in [5.74, 6) is 5.95. The van der Waals surface area contributed by atoms with Crippen LogP contribution in [0.1, 0.15) is 30.9 Å². The molecular weight excluding hydrogens is 264 g/mol. The Bertz CT molecular complexity index is 486. The van der Waals surface area contributed by atoms with Gasteiger partial charge in [-0.1, -0.05) is 30.9 Å². The Hall–Kier alpha value is -1.83. The molecule has 0 aromatic heterocycles. The molecule has 0 heterocycles. The summed E-state index contributed by atoms with van der Waals surface area (Å²) in [6.07, 6.45) is 1.45. The van der Waals surface area contributed by atoms with Crippen molar-refractivity contribution in [3.63, 3.8) is 0 Å². The smallest absolute Gasteiger partial charge is 0.234 e. The zero-order valence-electron chi connectivity index (χ0n) is 12.9. The minimum atomic E-state index is 0.0610. The molecule has 0 aliphatic rings. The molecule has 0 aliphatic heterocycles. The van der Waals surface area contributed by atoms with Gasteiger partial charge in [-0.05, 0) is 31.2 Å². The molecule has 0 fully saturated rings. The van der Waals surface area contributed by atoms with E-state index in [1.807, 2.05) is 43.1 Å². The highest BCUT2D eigenvalue weighted by Crippen LogP contribution is 2.06. The molecule has 4 nitrogen and oxygen atoms in total. The summed E-state index contributed by atoms with van der Waals surface area (Å²) < 4.78 is 0. The Morgan fingerprint density at radius 1 is 1.33 bits per heavy atom. The lowest BCUT2D eigenvalue weighted by Gasteiger charge is -2.16. The molecule has 0 saturated heterocycles. The Morgan fingerprint density at radius 3 is 2.67 bits per heavy atom. The number of nitrogens with one attached hydrogen (secondary N) is 1. The van der Waals surface area contributed by atoms with Crippen molar-refractivity contribution in [2.45, 2.75) is 26.3 Å². The number of rotatable bonds is 7. The van der Waals surface area contributed by atoms with Crippen molar-refractivity contribution in [1.29, 1.82) is 0 Å². The lowest BCUT2D eigenvalue weighted by molar-refractivity contribution is -0.122. The first-order valence-corrected chi connectivity index (χ1v) is 7.29. The summed E-state index contributed by atoms with van der Waals surface area (Å²) in [6.45, 7) is 3.99. The zero-order chi connectivity index (χ0) is 15.5. The molecule has 4 heteroatoms. The van der Waals surface area contributed by atoms with Crippen LogP contribution in [0.15, 0.2) is 24.3 Å². The van der Waals surface area contributed by atoms with Crippen molar-refractivity contribution in [2.24, 2.45) is 0 Å². The summed E-state index contributed by atoms with van der Waals surface area (Å²) in [7, 11) is 1.93. The normalized spacial score (nSPS) is 10.1. The van der Waals surface area contributed by atoms with Gasteiger partial charge in [0, 0.05) is 25.1 Å². The summed E-state index contributed by atoms with van der Waals surface area (Å²) in [6, 6.07) is 7.96. The first kappa shape index (κ1) is 17.2. The van der Waals surface area contributed by atoms with Crippen molar-refractivity contribution in [1.82, 2.24) is 10.2 Å². The van der Waals surface area contributed by atoms with E-state index in [0.717, 1.165) is 30.6 Å². The molecule has 21 heavy (non-hydrogen) atoms. The summed E-state index contributed by atoms with van der Waals surface area (Å²) >= 11 is 0. The largest absolute Gasteiger partial charge is 0.395 e. The number of carbonyl (C=O) groups excluding carboxylic acids is 1. The predicted molar refractivity (Wildman–Crippen MR) is 84.7 cm³/mol. The summed E-state index contributed by atoms with van der Waals surface area (Å²) in [5.41, 5.74) is 2.09. The fourth-order valence-electron chi connectivity index (χ4n) is 1.85. The topological polar surface area (TPSA) is 52.6 Å². The molecule has 0 bridgehead atoms. The molecule has 1 aromatic carbocycles. The maximum absolute atomic E-state index is 11.6. The van der Waals surface area contributed by atoms with E-state index in [1.165, 1.54) is 0 Å². The van der Waals surface area contributed by atoms with Crippen LogP contribution in [-0.4, -0.2) is 42.7 Å². The van der Waals surface area contributed by atoms with Crippen LogP contribution in [-0.2, 0) is 11.3 Å². The Kier molecular flexibility index (Phi) is 8.18. The molecule has 114 valence electrons. The van der Waals surface area contributed by atoms with E-state index in [2.05, 4.69) is 17.2 Å². The first-order valence-electron chi connectivity index (χ1n) is 7.29. The predicted octanol–water partition coefficient (Wildman–Crippen LogP) is 1.38. The van der Waals surface area contributed by atoms with Gasteiger partial charge in [-0.2, -0.15) is 0 Å². The fourth-order valence-corrected chi connectivity index (χ4v) is 1.85. The van der Waals surface area contributed by atoms with Gasteiger partial charge in [0.05, 0.1) is 13.2 Å². The third-order valence-electron chi connectivity index (χ3n) is 2.86. The van der Waals surface area contributed by atoms with E-state index in [0.29, 0.717) is 13.0 Å². The second-order valence-electron chi connectivity index (χ2n) is 4.99. The van der Waals surface area contributed by atoms with E-state index < -0.39 is 0 Å². The van der Waals surface area contributed by atoms with E-state index in [4.69, 9.17) is 5.11 Å². The number of hydrogen-bond acceptors (Lipinski definition) is 3. The highest BCUT2D eigenvalue weighted by Gasteiger charge is 2.06. The van der Waals surface area contributed by atoms with E-state index in [9.17, 15) is 4.79 Å². The fraction of sp³-hybridized carbons (Fsp3) is 0.471. The van der Waals surface area contributed by atoms with Gasteiger partial charge < -0.3 is 10.4 Å². The van der Waals surface area contributed by atoms with Gasteiger partial charge in [0.15, 0.2) is 0 Å². The SMILES string of the molecule is CCCNC(=O)CN(C)Cc1ccc(C#CCCO)cc1. The van der Waals surface area contributed by atoms with Crippen LogP contribution >= 0.6 is 0 Å². The van der Waals surface area contributed by atoms with Crippen LogP contribution in [0.4, 0.5) is 0 Å². The first-order chi connectivity index (χ1) is 10.2. The third kappa shape index (κ3) is 7.50. The van der Waals surface area contributed by atoms with Gasteiger partial charge in [0.25, 0.3) is 0 Å². The standard InChI is InChI=1S/C17H24N2O2/c1-3-11-18-17(21)14-19(2)13-16-9-7-15(8-10-16)6-4-5-12-20/h7-10,20H,3,5,11-14H2,1-2H3,(H,18,21). The van der Waals surface area contributed by atoms with Crippen LogP contribution < -0.4 is 5.32 Å². The van der Waals surface area contributed by atoms with Crippen LogP contribution in [0.3, 0.4) is 0 Å². The lowest BCUT2D eigenvalue weighted by Crippen LogP contribution is -2.35. The average molecular weight is 288 g/mol. The van der Waals surface area contributed by atoms with Gasteiger partial charge in [-0.15, -0.1) is 0 Å². The molecular formula is C17H24N2O2. The van der Waals surface area contributed by atoms with Crippen molar-refractivity contribution >= 4 is 5.91 Å². The number of nitrogens with zero attached hydrogens (tertiary/aromatic N) is 1. The Labute approximate surface area is 127 Å². The molecule has 0 atom stereocenters. The third-order valence-corrected chi connectivity index (χ3v) is 2.86. The van der Waals surface area contributed by atoms with Gasteiger partial charge in [0.2, 0.25) is 5.91 Å². The molecule has 2 N–H and O–H groups in total. The monoisotopic (exact) mass is 288 g/mol. The number of aliphatic hydroxyl groups excluding tert-OH is 1. The van der Waals surface area contributed by atoms with Gasteiger partial charge in [0.1, 0.15) is 0 Å². The Morgan fingerprint density at radius 2 is 2.05 bits per heavy atom. The molecule has 0 unspecified atom stereocenters. The van der Waals surface area contributed by atoms with Crippen LogP contribution in [0, 0.1) is 11.8 Å². The molecule has 0 aliphatic carbocycles. The molecule has 0 spiro atoms. The number of carbonyl (C=O) groups is 1. The maximum atomic E-state index is 11.6. The summed E-state index contributed by atoms with van der Waals surface area (Å²) in [5, 5.41) is 11.5. The minimum absolute atomic E-state index is 0.0610. The zero-order valence-corrected chi connectivity index (χ0v) is 12.9. The number of amides is 1. The number of benzene rings is 1. The lowest BCUT2D eigenvalue weighted by atomic mass is 10.1. The van der Waals surface area contributed by atoms with Gasteiger partial charge in [-0.25, -0.2) is 0 Å². The van der Waals surface area contributed by atoms with Crippen molar-refractivity contribution in [2.75, 3.05) is 26.7 Å². The van der Waals surface area contributed by atoms with Crippen LogP contribution in [0.25, 0.3) is 0 Å². The summed E-state index contributed by atoms with van der Waals surface area (Å²) in [4.78, 5) is 13.6. The van der Waals surface area contributed by atoms with Crippen LogP contribution in [0.2, 0.25) is 0 Å². The molecule has 0 radical (unpaired) electrons. The van der Waals surface area contributed by atoms with Crippen molar-refractivity contribution < 1.29 is 9.90 Å². The van der Waals surface area contributed by atoms with Gasteiger partial charge >= 0.3 is 0 Å². The highest BCUT2D eigenvalue weighted by atomic mass is 16.2. The average Bonchev–Trinajstić information content (AvgIpc) is 2.47. The molecule has 1 amide bonds. The quantitative estimate of drug-likeness (QED) is 0.745. The van der Waals surface area contributed by atoms with E-state index in [-0.39, 0.29) is 12.5 Å². The number of likely N-dealkylation sites (N-methyl/N-ethyl adjacent to an activating group) is 1. The van der Waals surface area contributed by atoms with Crippen molar-refractivity contribution in [3.8, 4) is 11.8 Å². The van der Waals surface area contributed by atoms with E-state index >= 15 is 0 Å². The van der Waals surface area contributed by atoms with Crippen LogP contribution in [0.5, 0.6) is 0 Å². The Balaban J connectivity index is 2.44. The molecule has 0 saturated carbocycles. The maximum Gasteiger partial charge on any atom is 0.234 e. The van der Waals surface area contributed by atoms with Gasteiger partial charge in [-0.3, -0.25) is 9.69 Å². The molecule has 1 aromatic rings. The number of hydrogen-bond donors (Lipinski definition) is 2.